The summed E-state index contributed by atoms with van der Waals surface area (Å²) in [4.78, 5) is 25.5. The van der Waals surface area contributed by atoms with E-state index >= 15 is 0 Å². The van der Waals surface area contributed by atoms with Gasteiger partial charge in [-0.15, -0.1) is 0 Å². The Balaban J connectivity index is 0.000000152. The van der Waals surface area contributed by atoms with Crippen molar-refractivity contribution >= 4 is 44.7 Å². The van der Waals surface area contributed by atoms with Gasteiger partial charge in [0, 0.05) is 93.7 Å². The van der Waals surface area contributed by atoms with Crippen LogP contribution >= 0.6 is 0 Å². The summed E-state index contributed by atoms with van der Waals surface area (Å²) in [7, 11) is 0. The highest BCUT2D eigenvalue weighted by Gasteiger charge is 2.27. The minimum absolute atomic E-state index is 0.204. The van der Waals surface area contributed by atoms with E-state index in [1.807, 2.05) is 86.9 Å². The fourth-order valence-corrected chi connectivity index (χ4v) is 9.18. The number of nitrogens with two attached hydrogens (primary N) is 2. The van der Waals surface area contributed by atoms with Crippen molar-refractivity contribution in [2.24, 2.45) is 0 Å². The molecule has 16 nitrogen and oxygen atoms in total. The topological polar surface area (TPSA) is 214 Å². The summed E-state index contributed by atoms with van der Waals surface area (Å²) in [6, 6.07) is 31.2. The number of phenolic OH excluding ortho intramolecular Hbond substituents is 2. The Bertz CT molecular complexity index is 3630. The molecule has 6 N–H and O–H groups in total. The van der Waals surface area contributed by atoms with Gasteiger partial charge >= 0.3 is 0 Å². The number of halogens is 2. The van der Waals surface area contributed by atoms with Crippen molar-refractivity contribution in [3.05, 3.63) is 182 Å². The van der Waals surface area contributed by atoms with E-state index in [1.165, 1.54) is 36.9 Å². The maximum Gasteiger partial charge on any atom is 0.164 e. The number of fused-ring (bicyclic) bond motifs is 4. The molecule has 0 saturated carbocycles. The van der Waals surface area contributed by atoms with Gasteiger partial charge in [-0.2, -0.15) is 10.2 Å². The van der Waals surface area contributed by atoms with Gasteiger partial charge in [-0.25, -0.2) is 38.1 Å². The number of benzene rings is 2. The molecule has 12 rings (SSSR count). The Morgan fingerprint density at radius 1 is 0.500 bits per heavy atom. The predicted octanol–water partition coefficient (Wildman–Crippen LogP) is 9.69. The highest BCUT2D eigenvalue weighted by molar-refractivity contribution is 5.99. The van der Waals surface area contributed by atoms with E-state index in [0.717, 1.165) is 56.8 Å². The van der Waals surface area contributed by atoms with Gasteiger partial charge in [-0.3, -0.25) is 9.97 Å². The van der Waals surface area contributed by atoms with Crippen molar-refractivity contribution in [1.82, 2.24) is 58.3 Å². The monoisotopic (exact) mass is 930 g/mol. The quantitative estimate of drug-likeness (QED) is 0.112. The second kappa shape index (κ2) is 17.3. The molecule has 10 heterocycles. The van der Waals surface area contributed by atoms with Gasteiger partial charge in [0.1, 0.15) is 58.8 Å². The molecule has 2 aromatic carbocycles. The van der Waals surface area contributed by atoms with E-state index in [2.05, 4.69) is 50.8 Å². The first-order chi connectivity index (χ1) is 34.0. The molecule has 0 bridgehead atoms. The van der Waals surface area contributed by atoms with Crippen LogP contribution in [-0.2, 0) is 0 Å². The van der Waals surface area contributed by atoms with Gasteiger partial charge in [0.15, 0.2) is 11.3 Å². The van der Waals surface area contributed by atoms with Crippen molar-refractivity contribution < 1.29 is 19.0 Å². The molecule has 344 valence electrons. The number of aromatic nitrogens is 12. The second-order valence-corrected chi connectivity index (χ2v) is 16.6. The number of nitrogens with zero attached hydrogens (tertiary/aromatic N) is 12. The fourth-order valence-electron chi connectivity index (χ4n) is 9.18. The van der Waals surface area contributed by atoms with Gasteiger partial charge in [0.25, 0.3) is 0 Å². The van der Waals surface area contributed by atoms with E-state index < -0.39 is 11.6 Å². The Hall–Kier alpha value is -9.58. The zero-order valence-corrected chi connectivity index (χ0v) is 37.3. The maximum absolute atomic E-state index is 14.1. The minimum Gasteiger partial charge on any atom is -0.508 e. The molecule has 12 aromatic rings. The molecule has 0 fully saturated rings. The summed E-state index contributed by atoms with van der Waals surface area (Å²) >= 11 is 0. The Morgan fingerprint density at radius 2 is 0.914 bits per heavy atom. The van der Waals surface area contributed by atoms with Crippen LogP contribution in [0.5, 0.6) is 11.5 Å². The van der Waals surface area contributed by atoms with E-state index in [4.69, 9.17) is 21.7 Å². The molecule has 0 radical (unpaired) electrons. The third-order valence-corrected chi connectivity index (χ3v) is 12.3. The van der Waals surface area contributed by atoms with Gasteiger partial charge in [-0.1, -0.05) is 12.1 Å². The lowest BCUT2D eigenvalue weighted by Gasteiger charge is -2.15. The first kappa shape index (κ1) is 43.0. The minimum atomic E-state index is -0.579. The molecule has 2 atom stereocenters. The normalized spacial score (nSPS) is 12.4. The number of anilines is 2. The van der Waals surface area contributed by atoms with Crippen molar-refractivity contribution in [3.8, 4) is 56.5 Å². The molecule has 0 amide bonds. The summed E-state index contributed by atoms with van der Waals surface area (Å²) in [5.41, 5.74) is 23.2. The van der Waals surface area contributed by atoms with Crippen LogP contribution in [-0.4, -0.2) is 68.5 Å². The van der Waals surface area contributed by atoms with Crippen LogP contribution in [0.3, 0.4) is 0 Å². The number of rotatable bonds is 8. The van der Waals surface area contributed by atoms with Crippen LogP contribution in [0.15, 0.2) is 159 Å². The summed E-state index contributed by atoms with van der Waals surface area (Å²) in [5, 5.41) is 30.6. The molecule has 18 heteroatoms. The number of phenols is 2. The van der Waals surface area contributed by atoms with Crippen LogP contribution in [0.25, 0.3) is 78.1 Å². The molecule has 0 unspecified atom stereocenters. The van der Waals surface area contributed by atoms with Gasteiger partial charge in [0.05, 0.1) is 34.2 Å². The lowest BCUT2D eigenvalue weighted by atomic mass is 10.0. The average Bonchev–Trinajstić information content (AvgIpc) is 4.15. The van der Waals surface area contributed by atoms with Crippen LogP contribution < -0.4 is 11.5 Å². The summed E-state index contributed by atoms with van der Waals surface area (Å²) in [6.07, 6.45) is 13.9. The van der Waals surface area contributed by atoms with Gasteiger partial charge in [0.2, 0.25) is 0 Å². The number of pyridine rings is 4. The van der Waals surface area contributed by atoms with Crippen LogP contribution in [0, 0.1) is 11.6 Å². The number of aromatic hydroxyl groups is 2. The Labute approximate surface area is 396 Å². The number of hydrogen-bond acceptors (Lipinski definition) is 12. The highest BCUT2D eigenvalue weighted by Crippen LogP contribution is 2.40. The van der Waals surface area contributed by atoms with Crippen LogP contribution in [0.2, 0.25) is 0 Å². The van der Waals surface area contributed by atoms with E-state index in [1.54, 1.807) is 34.2 Å². The molecule has 10 aromatic heterocycles. The SMILES string of the molecule is C[C@@H](c1cc2ccccn2c1-c1ccncc1)n1nc(-c2cc(O)cc(F)c2)c2c(N)ncnc21.C[C@H](c1cc2ccccn2c1-c1ccncc1)n1nc(-c2cc(O)cc(F)c2)c2c(N)ncnc21. The Morgan fingerprint density at radius 3 is 1.31 bits per heavy atom. The molecule has 0 saturated heterocycles. The molecule has 0 aliphatic heterocycles. The smallest absolute Gasteiger partial charge is 0.164 e. The predicted molar refractivity (Wildman–Crippen MR) is 262 cm³/mol. The Kier molecular flexibility index (Phi) is 10.6. The number of hydrogen-bond donors (Lipinski definition) is 4. The average molecular weight is 931 g/mol. The van der Waals surface area contributed by atoms with E-state index in [-0.39, 0.29) is 35.2 Å². The summed E-state index contributed by atoms with van der Waals surface area (Å²) in [5.74, 6) is -1.11. The zero-order valence-electron chi connectivity index (χ0n) is 37.3. The molecule has 70 heavy (non-hydrogen) atoms. The number of nitrogen functional groups attached to an aromatic ring is 2. The van der Waals surface area contributed by atoms with E-state index in [9.17, 15) is 19.0 Å². The lowest BCUT2D eigenvalue weighted by molar-refractivity contribution is 0.468. The zero-order chi connectivity index (χ0) is 48.2. The molecule has 0 aliphatic carbocycles. The summed E-state index contributed by atoms with van der Waals surface area (Å²) < 4.78 is 36.1. The third-order valence-electron chi connectivity index (χ3n) is 12.3. The van der Waals surface area contributed by atoms with Crippen molar-refractivity contribution in [2.75, 3.05) is 11.5 Å². The lowest BCUT2D eigenvalue weighted by Crippen LogP contribution is -2.10. The van der Waals surface area contributed by atoms with Gasteiger partial charge in [-0.05, 0) is 98.8 Å². The van der Waals surface area contributed by atoms with E-state index in [0.29, 0.717) is 44.6 Å². The first-order valence-electron chi connectivity index (χ1n) is 22.0. The molecule has 0 spiro atoms. The first-order valence-corrected chi connectivity index (χ1v) is 22.0. The maximum atomic E-state index is 14.1. The second-order valence-electron chi connectivity index (χ2n) is 16.6. The molecular weight excluding hydrogens is 891 g/mol. The molecular formula is C52H40F2N14O2. The standard InChI is InChI=1S/2C26H20FN7O/c2*1-15(21-13-19-4-2-3-9-33(19)24(21)16-5-7-29-8-6-16)34-26-22(25(28)30-14-31-26)23(32-34)17-10-18(27)12-20(35)11-17/h2*2-15,35H,1H3,(H2,28,30,31)/t2*15-/m10/s1. The summed E-state index contributed by atoms with van der Waals surface area (Å²) in [6.45, 7) is 4.05. The van der Waals surface area contributed by atoms with Crippen molar-refractivity contribution in [1.29, 1.82) is 0 Å². The van der Waals surface area contributed by atoms with Gasteiger partial charge < -0.3 is 30.5 Å². The molecule has 0 aliphatic rings. The largest absolute Gasteiger partial charge is 0.508 e. The highest BCUT2D eigenvalue weighted by atomic mass is 19.1. The fraction of sp³-hybridized carbons (Fsp3) is 0.0769. The third kappa shape index (κ3) is 7.48. The van der Waals surface area contributed by atoms with Crippen molar-refractivity contribution in [3.63, 3.8) is 0 Å². The van der Waals surface area contributed by atoms with Crippen LogP contribution in [0.1, 0.15) is 37.1 Å². The van der Waals surface area contributed by atoms with Crippen LogP contribution in [0.4, 0.5) is 20.4 Å². The van der Waals surface area contributed by atoms with Crippen molar-refractivity contribution in [2.45, 2.75) is 25.9 Å².